The maximum Gasteiger partial charge on any atom is 0.250 e. The maximum atomic E-state index is 13.1. The molecule has 0 unspecified atom stereocenters. The van der Waals surface area contributed by atoms with E-state index in [-0.39, 0.29) is 11.5 Å². The van der Waals surface area contributed by atoms with Crippen molar-refractivity contribution in [2.24, 2.45) is 0 Å². The number of hydrogen-bond donors (Lipinski definition) is 0. The minimum atomic E-state index is -1.26. The standard InChI is InChI=1S/C8H3F3N2O/c9-5-2-7(11)6(10)1-4(5)8-13-12-3-14-8/h1-3H. The zero-order valence-electron chi connectivity index (χ0n) is 6.67. The average molecular weight is 200 g/mol. The predicted molar refractivity (Wildman–Crippen MR) is 39.6 cm³/mol. The normalized spacial score (nSPS) is 10.5. The van der Waals surface area contributed by atoms with Crippen molar-refractivity contribution in [1.29, 1.82) is 0 Å². The summed E-state index contributed by atoms with van der Waals surface area (Å²) in [6, 6.07) is 1.09. The Hall–Kier alpha value is -1.85. The van der Waals surface area contributed by atoms with Gasteiger partial charge >= 0.3 is 0 Å². The van der Waals surface area contributed by atoms with Gasteiger partial charge in [-0.3, -0.25) is 0 Å². The lowest BCUT2D eigenvalue weighted by molar-refractivity contribution is 0.492. The van der Waals surface area contributed by atoms with E-state index in [4.69, 9.17) is 0 Å². The highest BCUT2D eigenvalue weighted by molar-refractivity contribution is 5.53. The summed E-state index contributed by atoms with van der Waals surface area (Å²) in [5.74, 6) is -3.57. The molecule has 2 aromatic rings. The Morgan fingerprint density at radius 1 is 1.00 bits per heavy atom. The zero-order chi connectivity index (χ0) is 10.1. The van der Waals surface area contributed by atoms with Crippen molar-refractivity contribution in [3.8, 4) is 11.5 Å². The molecular formula is C8H3F3N2O. The van der Waals surface area contributed by atoms with Crippen molar-refractivity contribution >= 4 is 0 Å². The van der Waals surface area contributed by atoms with E-state index in [0.29, 0.717) is 12.1 Å². The molecule has 0 aliphatic carbocycles. The van der Waals surface area contributed by atoms with Crippen molar-refractivity contribution < 1.29 is 17.6 Å². The quantitative estimate of drug-likeness (QED) is 0.662. The summed E-state index contributed by atoms with van der Waals surface area (Å²) in [6.45, 7) is 0. The summed E-state index contributed by atoms with van der Waals surface area (Å²) in [5.41, 5.74) is -0.263. The van der Waals surface area contributed by atoms with Crippen LogP contribution in [0.2, 0.25) is 0 Å². The largest absolute Gasteiger partial charge is 0.423 e. The van der Waals surface area contributed by atoms with Gasteiger partial charge in [-0.1, -0.05) is 0 Å². The van der Waals surface area contributed by atoms with Crippen LogP contribution in [0, 0.1) is 17.5 Å². The lowest BCUT2D eigenvalue weighted by Gasteiger charge is -1.98. The molecule has 3 nitrogen and oxygen atoms in total. The third kappa shape index (κ3) is 1.34. The van der Waals surface area contributed by atoms with E-state index in [1.54, 1.807) is 0 Å². The van der Waals surface area contributed by atoms with Crippen LogP contribution in [0.5, 0.6) is 0 Å². The summed E-state index contributed by atoms with van der Waals surface area (Å²) in [5, 5.41) is 6.66. The molecule has 0 atom stereocenters. The molecule has 0 saturated heterocycles. The van der Waals surface area contributed by atoms with Crippen LogP contribution >= 0.6 is 0 Å². The van der Waals surface area contributed by atoms with E-state index >= 15 is 0 Å². The zero-order valence-corrected chi connectivity index (χ0v) is 6.67. The van der Waals surface area contributed by atoms with Gasteiger partial charge in [0, 0.05) is 6.07 Å². The van der Waals surface area contributed by atoms with Gasteiger partial charge in [-0.05, 0) is 6.07 Å². The molecule has 0 N–H and O–H groups in total. The average Bonchev–Trinajstić information content (AvgIpc) is 2.64. The lowest BCUT2D eigenvalue weighted by atomic mass is 10.2. The van der Waals surface area contributed by atoms with Crippen molar-refractivity contribution in [1.82, 2.24) is 10.2 Å². The summed E-state index contributed by atoms with van der Waals surface area (Å²) >= 11 is 0. The van der Waals surface area contributed by atoms with Gasteiger partial charge in [0.25, 0.3) is 0 Å². The van der Waals surface area contributed by atoms with Crippen LogP contribution in [-0.4, -0.2) is 10.2 Å². The smallest absolute Gasteiger partial charge is 0.250 e. The van der Waals surface area contributed by atoms with Gasteiger partial charge in [0.05, 0.1) is 5.56 Å². The van der Waals surface area contributed by atoms with Crippen LogP contribution < -0.4 is 0 Å². The maximum absolute atomic E-state index is 13.1. The Bertz CT molecular complexity index is 456. The first-order valence-electron chi connectivity index (χ1n) is 3.59. The van der Waals surface area contributed by atoms with E-state index in [9.17, 15) is 13.2 Å². The number of halogens is 3. The minimum absolute atomic E-state index is 0.193. The summed E-state index contributed by atoms with van der Waals surface area (Å²) in [7, 11) is 0. The fourth-order valence-corrected chi connectivity index (χ4v) is 0.977. The number of nitrogens with zero attached hydrogens (tertiary/aromatic N) is 2. The van der Waals surface area contributed by atoms with Crippen LogP contribution in [0.25, 0.3) is 11.5 Å². The summed E-state index contributed by atoms with van der Waals surface area (Å²) < 4.78 is 42.9. The van der Waals surface area contributed by atoms with E-state index < -0.39 is 17.5 Å². The third-order valence-electron chi connectivity index (χ3n) is 1.60. The molecule has 14 heavy (non-hydrogen) atoms. The lowest BCUT2D eigenvalue weighted by Crippen LogP contribution is -1.91. The Balaban J connectivity index is 2.60. The minimum Gasteiger partial charge on any atom is -0.423 e. The Morgan fingerprint density at radius 2 is 1.71 bits per heavy atom. The highest BCUT2D eigenvalue weighted by atomic mass is 19.2. The fourth-order valence-electron chi connectivity index (χ4n) is 0.977. The molecule has 0 amide bonds. The first kappa shape index (κ1) is 8.74. The summed E-state index contributed by atoms with van der Waals surface area (Å²) in [4.78, 5) is 0. The van der Waals surface area contributed by atoms with Crippen LogP contribution in [0.1, 0.15) is 0 Å². The molecule has 6 heteroatoms. The molecule has 0 spiro atoms. The van der Waals surface area contributed by atoms with Crippen LogP contribution in [-0.2, 0) is 0 Å². The highest BCUT2D eigenvalue weighted by Gasteiger charge is 2.14. The number of benzene rings is 1. The third-order valence-corrected chi connectivity index (χ3v) is 1.60. The van der Waals surface area contributed by atoms with E-state index in [0.717, 1.165) is 6.39 Å². The van der Waals surface area contributed by atoms with Gasteiger partial charge in [-0.15, -0.1) is 10.2 Å². The van der Waals surface area contributed by atoms with Crippen LogP contribution in [0.15, 0.2) is 22.9 Å². The second kappa shape index (κ2) is 3.13. The van der Waals surface area contributed by atoms with Gasteiger partial charge in [0.1, 0.15) is 5.82 Å². The number of hydrogen-bond acceptors (Lipinski definition) is 3. The second-order valence-corrected chi connectivity index (χ2v) is 2.49. The molecule has 72 valence electrons. The molecule has 0 bridgehead atoms. The van der Waals surface area contributed by atoms with Gasteiger partial charge in [0.15, 0.2) is 11.6 Å². The van der Waals surface area contributed by atoms with Crippen LogP contribution in [0.3, 0.4) is 0 Å². The van der Waals surface area contributed by atoms with Crippen molar-refractivity contribution in [3.05, 3.63) is 36.0 Å². The van der Waals surface area contributed by atoms with Crippen molar-refractivity contribution in [2.75, 3.05) is 0 Å². The Labute approximate surface area is 76.2 Å². The fraction of sp³-hybridized carbons (Fsp3) is 0. The Kier molecular flexibility index (Phi) is 1.95. The molecule has 0 aliphatic heterocycles. The molecule has 1 heterocycles. The van der Waals surface area contributed by atoms with E-state index in [1.165, 1.54) is 0 Å². The SMILES string of the molecule is Fc1cc(F)c(-c2nnco2)cc1F. The second-order valence-electron chi connectivity index (χ2n) is 2.49. The molecule has 1 aromatic heterocycles. The number of rotatable bonds is 1. The number of aromatic nitrogens is 2. The molecular weight excluding hydrogens is 197 g/mol. The van der Waals surface area contributed by atoms with Gasteiger partial charge in [-0.2, -0.15) is 0 Å². The molecule has 2 rings (SSSR count). The van der Waals surface area contributed by atoms with Crippen molar-refractivity contribution in [3.63, 3.8) is 0 Å². The van der Waals surface area contributed by atoms with E-state index in [2.05, 4.69) is 14.6 Å². The molecule has 1 aromatic carbocycles. The predicted octanol–water partition coefficient (Wildman–Crippen LogP) is 2.15. The first-order chi connectivity index (χ1) is 6.68. The van der Waals surface area contributed by atoms with Gasteiger partial charge in [-0.25, -0.2) is 13.2 Å². The Morgan fingerprint density at radius 3 is 2.36 bits per heavy atom. The van der Waals surface area contributed by atoms with Crippen LogP contribution in [0.4, 0.5) is 13.2 Å². The first-order valence-corrected chi connectivity index (χ1v) is 3.59. The van der Waals surface area contributed by atoms with Crippen molar-refractivity contribution in [2.45, 2.75) is 0 Å². The molecule has 0 aliphatic rings. The molecule has 0 radical (unpaired) electrons. The van der Waals surface area contributed by atoms with E-state index in [1.807, 2.05) is 0 Å². The molecule has 0 saturated carbocycles. The topological polar surface area (TPSA) is 38.9 Å². The molecule has 0 fully saturated rings. The van der Waals surface area contributed by atoms with Gasteiger partial charge in [0.2, 0.25) is 12.3 Å². The summed E-state index contributed by atoms with van der Waals surface area (Å²) in [6.07, 6.45) is 0.968. The van der Waals surface area contributed by atoms with Gasteiger partial charge < -0.3 is 4.42 Å². The highest BCUT2D eigenvalue weighted by Crippen LogP contribution is 2.22. The monoisotopic (exact) mass is 200 g/mol.